The summed E-state index contributed by atoms with van der Waals surface area (Å²) in [5, 5.41) is 4.63. The maximum atomic E-state index is 12.5. The maximum absolute atomic E-state index is 12.5. The van der Waals surface area contributed by atoms with Crippen molar-refractivity contribution in [1.82, 2.24) is 24.6 Å². The number of urea groups is 1. The van der Waals surface area contributed by atoms with Crippen molar-refractivity contribution in [2.45, 2.75) is 12.1 Å². The number of carbonyl (C=O) groups is 2. The summed E-state index contributed by atoms with van der Waals surface area (Å²) >= 11 is 0. The van der Waals surface area contributed by atoms with E-state index >= 15 is 0 Å². The van der Waals surface area contributed by atoms with Crippen molar-refractivity contribution in [3.05, 3.63) is 17.5 Å². The minimum Gasteiger partial charge on any atom is -0.347 e. The van der Waals surface area contributed by atoms with Crippen molar-refractivity contribution in [3.8, 4) is 0 Å². The topological polar surface area (TPSA) is 125 Å². The van der Waals surface area contributed by atoms with E-state index in [1.54, 1.807) is 21.1 Å². The number of aryl methyl sites for hydroxylation is 1. The van der Waals surface area contributed by atoms with Gasteiger partial charge in [0.05, 0.1) is 18.4 Å². The van der Waals surface area contributed by atoms with Crippen molar-refractivity contribution in [2.75, 3.05) is 20.6 Å². The molecule has 2 aliphatic heterocycles. The molecule has 3 heterocycles. The van der Waals surface area contributed by atoms with E-state index < -0.39 is 28.5 Å². The number of nitrogens with zero attached hydrogens (tertiary/aromatic N) is 5. The summed E-state index contributed by atoms with van der Waals surface area (Å²) in [5.74, 6) is -0.352. The smallest absolute Gasteiger partial charge is 0.347 e. The van der Waals surface area contributed by atoms with Gasteiger partial charge in [-0.05, 0) is 0 Å². The zero-order valence-electron chi connectivity index (χ0n) is 12.6. The zero-order valence-corrected chi connectivity index (χ0v) is 13.4. The van der Waals surface area contributed by atoms with Crippen LogP contribution in [-0.2, 0) is 26.5 Å². The lowest BCUT2D eigenvalue weighted by Crippen LogP contribution is -2.44. The van der Waals surface area contributed by atoms with E-state index in [0.717, 1.165) is 0 Å². The van der Waals surface area contributed by atoms with Crippen LogP contribution in [-0.4, -0.2) is 70.2 Å². The Hall–Kier alpha value is -2.18. The first-order valence-corrected chi connectivity index (χ1v) is 7.98. The van der Waals surface area contributed by atoms with E-state index in [-0.39, 0.29) is 12.5 Å². The Bertz CT molecular complexity index is 787. The fraction of sp³-hybridized carbons (Fsp3) is 0.545. The van der Waals surface area contributed by atoms with Crippen LogP contribution in [0.5, 0.6) is 0 Å². The third kappa shape index (κ3) is 2.34. The van der Waals surface area contributed by atoms with Gasteiger partial charge in [-0.15, -0.1) is 4.28 Å². The summed E-state index contributed by atoms with van der Waals surface area (Å²) in [7, 11) is -0.143. The summed E-state index contributed by atoms with van der Waals surface area (Å²) < 4.78 is 36.7. The van der Waals surface area contributed by atoms with Crippen LogP contribution in [0.2, 0.25) is 0 Å². The SMILES string of the molecule is CN(C)C(=O)[C@H]1c2c(cnn2C)C2CN1C(=O)N2OS(=O)(=O)O. The molecule has 1 saturated heterocycles. The number of hydrogen-bond donors (Lipinski definition) is 1. The first kappa shape index (κ1) is 15.7. The van der Waals surface area contributed by atoms with Gasteiger partial charge < -0.3 is 9.80 Å². The molecule has 0 aromatic carbocycles. The monoisotopic (exact) mass is 345 g/mol. The fourth-order valence-electron chi connectivity index (χ4n) is 2.92. The number of amides is 3. The van der Waals surface area contributed by atoms with Crippen LogP contribution in [0, 0.1) is 0 Å². The van der Waals surface area contributed by atoms with Crippen molar-refractivity contribution in [3.63, 3.8) is 0 Å². The van der Waals surface area contributed by atoms with Gasteiger partial charge in [-0.2, -0.15) is 18.6 Å². The fourth-order valence-corrected chi connectivity index (χ4v) is 3.29. The number of likely N-dealkylation sites (N-methyl/N-ethyl adjacent to an activating group) is 1. The number of fused-ring (bicyclic) bond motifs is 4. The van der Waals surface area contributed by atoms with Crippen molar-refractivity contribution < 1.29 is 26.8 Å². The van der Waals surface area contributed by atoms with E-state index in [9.17, 15) is 18.0 Å². The molecule has 0 spiro atoms. The van der Waals surface area contributed by atoms with Gasteiger partial charge in [0, 0.05) is 26.7 Å². The second kappa shape index (κ2) is 4.91. The highest BCUT2D eigenvalue weighted by molar-refractivity contribution is 7.80. The molecule has 1 fully saturated rings. The van der Waals surface area contributed by atoms with Crippen molar-refractivity contribution in [1.29, 1.82) is 0 Å². The third-order valence-electron chi connectivity index (χ3n) is 3.88. The molecule has 23 heavy (non-hydrogen) atoms. The van der Waals surface area contributed by atoms with E-state index in [4.69, 9.17) is 4.55 Å². The third-order valence-corrected chi connectivity index (χ3v) is 4.23. The lowest BCUT2D eigenvalue weighted by atomic mass is 9.97. The minimum atomic E-state index is -4.87. The quantitative estimate of drug-likeness (QED) is 0.702. The Morgan fingerprint density at radius 3 is 2.70 bits per heavy atom. The Morgan fingerprint density at radius 1 is 1.48 bits per heavy atom. The first-order chi connectivity index (χ1) is 10.6. The molecular formula is C11H15N5O6S. The number of aromatic nitrogens is 2. The molecule has 2 aliphatic rings. The highest BCUT2D eigenvalue weighted by Crippen LogP contribution is 2.44. The van der Waals surface area contributed by atoms with Crippen LogP contribution in [0.15, 0.2) is 6.20 Å². The highest BCUT2D eigenvalue weighted by atomic mass is 32.3. The average molecular weight is 345 g/mol. The summed E-state index contributed by atoms with van der Waals surface area (Å²) in [4.78, 5) is 27.5. The molecule has 0 radical (unpaired) electrons. The molecule has 3 amide bonds. The molecule has 0 aliphatic carbocycles. The molecule has 2 atom stereocenters. The van der Waals surface area contributed by atoms with Gasteiger partial charge in [-0.3, -0.25) is 14.0 Å². The van der Waals surface area contributed by atoms with Gasteiger partial charge in [0.1, 0.15) is 6.04 Å². The molecule has 3 rings (SSSR count). The predicted molar refractivity (Wildman–Crippen MR) is 74.0 cm³/mol. The molecule has 11 nitrogen and oxygen atoms in total. The Morgan fingerprint density at radius 2 is 2.13 bits per heavy atom. The molecule has 12 heteroatoms. The molecule has 1 aromatic heterocycles. The lowest BCUT2D eigenvalue weighted by Gasteiger charge is -2.31. The lowest BCUT2D eigenvalue weighted by molar-refractivity contribution is -0.133. The molecule has 1 N–H and O–H groups in total. The second-order valence-electron chi connectivity index (χ2n) is 5.52. The molecule has 1 unspecified atom stereocenters. The standard InChI is InChI=1S/C11H15N5O6S/c1-13(2)10(17)9-8-6(4-12-14(8)3)7-5-15(9)11(18)16(7)22-23(19,20)21/h4,7,9H,5H2,1-3H3,(H,19,20,21)/t7?,9-/m1/s1. The number of hydrogen-bond acceptors (Lipinski definition) is 6. The van der Waals surface area contributed by atoms with Gasteiger partial charge in [0.15, 0.2) is 6.04 Å². The molecule has 2 bridgehead atoms. The summed E-state index contributed by atoms with van der Waals surface area (Å²) in [6, 6.07) is -2.53. The van der Waals surface area contributed by atoms with Crippen molar-refractivity contribution >= 4 is 22.3 Å². The van der Waals surface area contributed by atoms with E-state index in [0.29, 0.717) is 16.3 Å². The molecular weight excluding hydrogens is 330 g/mol. The van der Waals surface area contributed by atoms with Crippen LogP contribution in [0.1, 0.15) is 23.3 Å². The molecule has 126 valence electrons. The predicted octanol–water partition coefficient (Wildman–Crippen LogP) is -0.924. The van der Waals surface area contributed by atoms with Crippen LogP contribution in [0.3, 0.4) is 0 Å². The molecule has 0 saturated carbocycles. The van der Waals surface area contributed by atoms with Gasteiger partial charge in [-0.1, -0.05) is 0 Å². The minimum absolute atomic E-state index is 0.0529. The van der Waals surface area contributed by atoms with E-state index in [1.807, 2.05) is 0 Å². The number of rotatable bonds is 3. The van der Waals surface area contributed by atoms with Crippen LogP contribution in [0.25, 0.3) is 0 Å². The average Bonchev–Trinajstić information content (AvgIpc) is 2.93. The first-order valence-electron chi connectivity index (χ1n) is 6.61. The summed E-state index contributed by atoms with van der Waals surface area (Å²) in [6.45, 7) is 0.0529. The zero-order chi connectivity index (χ0) is 17.1. The Kier molecular flexibility index (Phi) is 3.35. The maximum Gasteiger partial charge on any atom is 0.418 e. The Balaban J connectivity index is 2.11. The van der Waals surface area contributed by atoms with Gasteiger partial charge in [0.25, 0.3) is 5.91 Å². The number of carbonyl (C=O) groups excluding carboxylic acids is 2. The van der Waals surface area contributed by atoms with Gasteiger partial charge >= 0.3 is 16.4 Å². The van der Waals surface area contributed by atoms with E-state index in [2.05, 4.69) is 9.38 Å². The summed E-state index contributed by atoms with van der Waals surface area (Å²) in [6.07, 6.45) is 1.45. The second-order valence-corrected chi connectivity index (χ2v) is 6.53. The van der Waals surface area contributed by atoms with Gasteiger partial charge in [0.2, 0.25) is 0 Å². The van der Waals surface area contributed by atoms with Crippen LogP contribution in [0.4, 0.5) is 4.79 Å². The normalized spacial score (nSPS) is 23.2. The van der Waals surface area contributed by atoms with Crippen LogP contribution < -0.4 is 0 Å². The summed E-state index contributed by atoms with van der Waals surface area (Å²) in [5.41, 5.74) is 0.980. The number of hydroxylamine groups is 2. The Labute approximate surface area is 131 Å². The largest absolute Gasteiger partial charge is 0.418 e. The van der Waals surface area contributed by atoms with E-state index in [1.165, 1.54) is 20.7 Å². The van der Waals surface area contributed by atoms with Gasteiger partial charge in [-0.25, -0.2) is 4.79 Å². The highest BCUT2D eigenvalue weighted by Gasteiger charge is 2.54. The van der Waals surface area contributed by atoms with Crippen molar-refractivity contribution in [2.24, 2.45) is 7.05 Å². The van der Waals surface area contributed by atoms with Crippen LogP contribution >= 0.6 is 0 Å². The molecule has 1 aromatic rings.